The molecular weight excluding hydrogens is 350 g/mol. The summed E-state index contributed by atoms with van der Waals surface area (Å²) in [5, 5.41) is 18.0. The number of carbonyl (C=O) groups excluding carboxylic acids is 2. The van der Waals surface area contributed by atoms with Crippen molar-refractivity contribution < 1.29 is 23.3 Å². The molecule has 26 heavy (non-hydrogen) atoms. The molecule has 0 heterocycles. The van der Waals surface area contributed by atoms with E-state index in [4.69, 9.17) is 0 Å². The largest absolute Gasteiger partial charge is 0.376 e. The van der Waals surface area contributed by atoms with Crippen LogP contribution in [0.15, 0.2) is 42.5 Å². The zero-order chi connectivity index (χ0) is 19.1. The Morgan fingerprint density at radius 2 is 1.73 bits per heavy atom. The van der Waals surface area contributed by atoms with Crippen molar-refractivity contribution in [2.24, 2.45) is 0 Å². The van der Waals surface area contributed by atoms with Crippen LogP contribution in [0.5, 0.6) is 0 Å². The van der Waals surface area contributed by atoms with Crippen molar-refractivity contribution >= 4 is 28.9 Å². The van der Waals surface area contributed by atoms with Crippen molar-refractivity contribution in [3.63, 3.8) is 0 Å². The number of benzene rings is 2. The van der Waals surface area contributed by atoms with Crippen LogP contribution in [0.3, 0.4) is 0 Å². The fourth-order valence-electron chi connectivity index (χ4n) is 1.93. The summed E-state index contributed by atoms with van der Waals surface area (Å²) in [6, 6.07) is 8.47. The van der Waals surface area contributed by atoms with Crippen LogP contribution >= 0.6 is 0 Å². The molecule has 0 saturated heterocycles. The van der Waals surface area contributed by atoms with E-state index in [-0.39, 0.29) is 24.5 Å². The smallest absolute Gasteiger partial charge is 0.271 e. The number of hydrogen-bond donors (Lipinski definition) is 3. The minimum absolute atomic E-state index is 0.0536. The Morgan fingerprint density at radius 1 is 0.962 bits per heavy atom. The minimum Gasteiger partial charge on any atom is -0.376 e. The van der Waals surface area contributed by atoms with Crippen molar-refractivity contribution in [1.29, 1.82) is 0 Å². The zero-order valence-corrected chi connectivity index (χ0v) is 13.3. The van der Waals surface area contributed by atoms with E-state index < -0.39 is 28.4 Å². The number of hydrogen-bond acceptors (Lipinski definition) is 5. The monoisotopic (exact) mass is 364 g/mol. The van der Waals surface area contributed by atoms with Crippen LogP contribution in [-0.4, -0.2) is 29.8 Å². The van der Waals surface area contributed by atoms with Crippen molar-refractivity contribution in [3.05, 3.63) is 64.2 Å². The van der Waals surface area contributed by atoms with Gasteiger partial charge in [-0.15, -0.1) is 0 Å². The topological polar surface area (TPSA) is 113 Å². The highest BCUT2D eigenvalue weighted by molar-refractivity contribution is 5.95. The zero-order valence-electron chi connectivity index (χ0n) is 13.3. The van der Waals surface area contributed by atoms with Gasteiger partial charge in [-0.25, -0.2) is 8.78 Å². The molecule has 0 aromatic heterocycles. The van der Waals surface area contributed by atoms with E-state index in [1.807, 2.05) is 0 Å². The third-order valence-electron chi connectivity index (χ3n) is 3.16. The first-order valence-corrected chi connectivity index (χ1v) is 7.35. The molecular formula is C16H14F2N4O4. The maximum atomic E-state index is 13.0. The molecule has 3 N–H and O–H groups in total. The molecule has 2 aromatic carbocycles. The van der Waals surface area contributed by atoms with E-state index in [0.717, 1.165) is 12.1 Å². The van der Waals surface area contributed by atoms with Gasteiger partial charge >= 0.3 is 0 Å². The summed E-state index contributed by atoms with van der Waals surface area (Å²) in [4.78, 5) is 33.5. The van der Waals surface area contributed by atoms with E-state index >= 15 is 0 Å². The molecule has 0 atom stereocenters. The quantitative estimate of drug-likeness (QED) is 0.514. The van der Waals surface area contributed by atoms with Crippen molar-refractivity contribution in [2.75, 3.05) is 23.7 Å². The van der Waals surface area contributed by atoms with Crippen molar-refractivity contribution in [2.45, 2.75) is 0 Å². The summed E-state index contributed by atoms with van der Waals surface area (Å²) in [5.74, 6) is -3.30. The van der Waals surface area contributed by atoms with Gasteiger partial charge in [0.05, 0.1) is 18.0 Å². The molecule has 2 rings (SSSR count). The first-order chi connectivity index (χ1) is 12.3. The van der Waals surface area contributed by atoms with Crippen LogP contribution in [0.1, 0.15) is 0 Å². The minimum atomic E-state index is -1.10. The second kappa shape index (κ2) is 8.51. The number of non-ortho nitro benzene ring substituents is 1. The molecule has 10 heteroatoms. The van der Waals surface area contributed by atoms with Gasteiger partial charge in [-0.3, -0.25) is 19.7 Å². The molecule has 0 bridgehead atoms. The lowest BCUT2D eigenvalue weighted by Crippen LogP contribution is -2.36. The van der Waals surface area contributed by atoms with Crippen LogP contribution in [0.2, 0.25) is 0 Å². The first-order valence-electron chi connectivity index (χ1n) is 7.35. The standard InChI is InChI=1S/C16H14F2N4O4/c17-13-5-4-11(7-14(13)18)21-16(24)9-20-15(23)8-19-10-2-1-3-12(6-10)22(25)26/h1-7,19H,8-9H2,(H,20,23)(H,21,24). The second-order valence-corrected chi connectivity index (χ2v) is 5.11. The maximum absolute atomic E-state index is 13.0. The molecule has 0 aliphatic rings. The Labute approximate surface area is 146 Å². The van der Waals surface area contributed by atoms with Crippen LogP contribution in [0, 0.1) is 21.7 Å². The summed E-state index contributed by atoms with van der Waals surface area (Å²) in [5.41, 5.74) is 0.305. The van der Waals surface area contributed by atoms with Gasteiger partial charge in [0.2, 0.25) is 11.8 Å². The normalized spacial score (nSPS) is 10.1. The predicted molar refractivity (Wildman–Crippen MR) is 89.6 cm³/mol. The summed E-state index contributed by atoms with van der Waals surface area (Å²) < 4.78 is 25.8. The molecule has 0 radical (unpaired) electrons. The summed E-state index contributed by atoms with van der Waals surface area (Å²) in [6.07, 6.45) is 0. The SMILES string of the molecule is O=C(CNc1cccc([N+](=O)[O-])c1)NCC(=O)Nc1ccc(F)c(F)c1. The average molecular weight is 364 g/mol. The summed E-state index contributed by atoms with van der Waals surface area (Å²) in [6.45, 7) is -0.589. The van der Waals surface area contributed by atoms with Gasteiger partial charge in [-0.05, 0) is 18.2 Å². The summed E-state index contributed by atoms with van der Waals surface area (Å²) in [7, 11) is 0. The molecule has 0 unspecified atom stereocenters. The molecule has 136 valence electrons. The van der Waals surface area contributed by atoms with Gasteiger partial charge in [-0.2, -0.15) is 0 Å². The molecule has 0 aliphatic carbocycles. The predicted octanol–water partition coefficient (Wildman–Crippen LogP) is 2.04. The van der Waals surface area contributed by atoms with Gasteiger partial charge in [0.1, 0.15) is 0 Å². The molecule has 0 saturated carbocycles. The number of nitrogens with zero attached hydrogens (tertiary/aromatic N) is 1. The highest BCUT2D eigenvalue weighted by Crippen LogP contribution is 2.16. The number of carbonyl (C=O) groups is 2. The Hall–Kier alpha value is -3.56. The second-order valence-electron chi connectivity index (χ2n) is 5.11. The van der Waals surface area contributed by atoms with Gasteiger partial charge < -0.3 is 16.0 Å². The Balaban J connectivity index is 1.77. The fraction of sp³-hybridized carbons (Fsp3) is 0.125. The molecule has 2 aromatic rings. The fourth-order valence-corrected chi connectivity index (χ4v) is 1.93. The molecule has 0 fully saturated rings. The molecule has 0 aliphatic heterocycles. The average Bonchev–Trinajstić information content (AvgIpc) is 2.61. The van der Waals surface area contributed by atoms with Gasteiger partial charge in [-0.1, -0.05) is 6.07 Å². The van der Waals surface area contributed by atoms with Crippen LogP contribution < -0.4 is 16.0 Å². The molecule has 8 nitrogen and oxygen atoms in total. The summed E-state index contributed by atoms with van der Waals surface area (Å²) >= 11 is 0. The lowest BCUT2D eigenvalue weighted by atomic mass is 10.3. The Bertz CT molecular complexity index is 845. The van der Waals surface area contributed by atoms with Crippen molar-refractivity contribution in [1.82, 2.24) is 5.32 Å². The van der Waals surface area contributed by atoms with Crippen LogP contribution in [0.4, 0.5) is 25.8 Å². The maximum Gasteiger partial charge on any atom is 0.271 e. The third-order valence-corrected chi connectivity index (χ3v) is 3.16. The van der Waals surface area contributed by atoms with Crippen LogP contribution in [0.25, 0.3) is 0 Å². The number of rotatable bonds is 7. The van der Waals surface area contributed by atoms with Gasteiger partial charge in [0, 0.05) is 29.6 Å². The Morgan fingerprint density at radius 3 is 2.42 bits per heavy atom. The number of halogens is 2. The van der Waals surface area contributed by atoms with Gasteiger partial charge in [0.15, 0.2) is 11.6 Å². The number of nitro benzene ring substituents is 1. The lowest BCUT2D eigenvalue weighted by Gasteiger charge is -2.09. The molecule has 2 amide bonds. The highest BCUT2D eigenvalue weighted by Gasteiger charge is 2.09. The van der Waals surface area contributed by atoms with Gasteiger partial charge in [0.25, 0.3) is 5.69 Å². The third kappa shape index (κ3) is 5.51. The van der Waals surface area contributed by atoms with Crippen molar-refractivity contribution in [3.8, 4) is 0 Å². The van der Waals surface area contributed by atoms with E-state index in [2.05, 4.69) is 16.0 Å². The number of nitro groups is 1. The number of amides is 2. The Kier molecular flexibility index (Phi) is 6.15. The number of nitrogens with one attached hydrogen (secondary N) is 3. The van der Waals surface area contributed by atoms with E-state index in [0.29, 0.717) is 5.69 Å². The lowest BCUT2D eigenvalue weighted by molar-refractivity contribution is -0.384. The number of anilines is 2. The highest BCUT2D eigenvalue weighted by atomic mass is 19.2. The van der Waals surface area contributed by atoms with Crippen LogP contribution in [-0.2, 0) is 9.59 Å². The first kappa shape index (κ1) is 18.8. The van der Waals surface area contributed by atoms with E-state index in [1.165, 1.54) is 24.3 Å². The van der Waals surface area contributed by atoms with E-state index in [9.17, 15) is 28.5 Å². The molecule has 0 spiro atoms. The van der Waals surface area contributed by atoms with E-state index in [1.54, 1.807) is 6.07 Å².